The van der Waals surface area contributed by atoms with Crippen LogP contribution in [0, 0.1) is 5.82 Å². The number of nitrogens with one attached hydrogen (secondary N) is 3. The maximum Gasteiger partial charge on any atom is 0.337 e. The van der Waals surface area contributed by atoms with Crippen LogP contribution < -0.4 is 20.7 Å². The summed E-state index contributed by atoms with van der Waals surface area (Å²) in [7, 11) is 0. The number of hydrogen-bond donors (Lipinski definition) is 3. The SMILES string of the molecule is C=C(COc1cc(Cl)cc(NC(=O)NCc2ccc3c(c2F)CN(C2CCC(=O)NC2=O)C3=O)c1)C(=O)OC(C)(C)C. The molecular weight excluding hydrogens is 571 g/mol. The Kier molecular flexibility index (Phi) is 8.86. The second-order valence-electron chi connectivity index (χ2n) is 10.8. The van der Waals surface area contributed by atoms with Crippen LogP contribution >= 0.6 is 11.6 Å². The molecule has 13 heteroatoms. The van der Waals surface area contributed by atoms with E-state index in [-0.39, 0.29) is 71.3 Å². The first-order valence-corrected chi connectivity index (χ1v) is 13.4. The van der Waals surface area contributed by atoms with Crippen LogP contribution in [0.1, 0.15) is 55.1 Å². The number of amides is 5. The van der Waals surface area contributed by atoms with E-state index in [9.17, 15) is 24.0 Å². The highest BCUT2D eigenvalue weighted by molar-refractivity contribution is 6.31. The molecule has 2 aromatic rings. The Morgan fingerprint density at radius 2 is 1.93 bits per heavy atom. The van der Waals surface area contributed by atoms with Crippen molar-refractivity contribution in [3.8, 4) is 5.75 Å². The van der Waals surface area contributed by atoms with Crippen LogP contribution in [0.5, 0.6) is 5.75 Å². The highest BCUT2D eigenvalue weighted by atomic mass is 35.5. The molecule has 1 saturated heterocycles. The number of urea groups is 1. The number of piperidine rings is 1. The summed E-state index contributed by atoms with van der Waals surface area (Å²) in [6.07, 6.45) is 0.250. The van der Waals surface area contributed by atoms with Gasteiger partial charge in [-0.15, -0.1) is 0 Å². The molecule has 3 N–H and O–H groups in total. The van der Waals surface area contributed by atoms with Gasteiger partial charge in [0.1, 0.15) is 29.8 Å². The van der Waals surface area contributed by atoms with E-state index in [2.05, 4.69) is 22.5 Å². The van der Waals surface area contributed by atoms with E-state index >= 15 is 4.39 Å². The molecule has 2 aliphatic heterocycles. The summed E-state index contributed by atoms with van der Waals surface area (Å²) < 4.78 is 26.2. The Morgan fingerprint density at radius 3 is 2.62 bits per heavy atom. The summed E-state index contributed by atoms with van der Waals surface area (Å²) in [5, 5.41) is 7.60. The van der Waals surface area contributed by atoms with Gasteiger partial charge < -0.3 is 25.0 Å². The van der Waals surface area contributed by atoms with Crippen molar-refractivity contribution in [2.75, 3.05) is 11.9 Å². The lowest BCUT2D eigenvalue weighted by Crippen LogP contribution is -2.52. The van der Waals surface area contributed by atoms with Gasteiger partial charge >= 0.3 is 12.0 Å². The van der Waals surface area contributed by atoms with E-state index in [4.69, 9.17) is 21.1 Å². The first-order chi connectivity index (χ1) is 19.7. The fourth-order valence-corrected chi connectivity index (χ4v) is 4.66. The predicted octanol–water partition coefficient (Wildman–Crippen LogP) is 3.84. The zero-order valence-electron chi connectivity index (χ0n) is 23.3. The molecular formula is C29H30ClFN4O7. The third-order valence-corrected chi connectivity index (χ3v) is 6.62. The highest BCUT2D eigenvalue weighted by Crippen LogP contribution is 2.31. The lowest BCUT2D eigenvalue weighted by Gasteiger charge is -2.29. The third-order valence-electron chi connectivity index (χ3n) is 6.40. The largest absolute Gasteiger partial charge is 0.489 e. The van der Waals surface area contributed by atoms with Crippen molar-refractivity contribution in [3.63, 3.8) is 0 Å². The minimum Gasteiger partial charge on any atom is -0.489 e. The molecule has 0 aromatic heterocycles. The standard InChI is InChI=1S/C29H30ClFN4O7/c1-15(27(39)42-29(2,3)4)14-41-19-10-17(30)9-18(11-19)33-28(40)32-12-16-5-6-20-21(24(16)31)13-35(26(20)38)22-7-8-23(36)34-25(22)37/h5-6,9-11,22H,1,7-8,12-14H2,2-4H3,(H2,32,33,40)(H,34,36,37). The Hall–Kier alpha value is -4.45. The Bertz CT molecular complexity index is 1490. The molecule has 11 nitrogen and oxygen atoms in total. The van der Waals surface area contributed by atoms with E-state index in [1.807, 2.05) is 0 Å². The van der Waals surface area contributed by atoms with Crippen LogP contribution in [0.15, 0.2) is 42.5 Å². The van der Waals surface area contributed by atoms with Crippen LogP contribution in [-0.2, 0) is 32.2 Å². The smallest absolute Gasteiger partial charge is 0.337 e. The van der Waals surface area contributed by atoms with Crippen LogP contribution in [0.3, 0.4) is 0 Å². The zero-order valence-corrected chi connectivity index (χ0v) is 24.0. The molecule has 0 bridgehead atoms. The van der Waals surface area contributed by atoms with Gasteiger partial charge in [-0.25, -0.2) is 14.0 Å². The molecule has 1 unspecified atom stereocenters. The number of anilines is 1. The fourth-order valence-electron chi connectivity index (χ4n) is 4.44. The van der Waals surface area contributed by atoms with Gasteiger partial charge in [0, 0.05) is 46.4 Å². The summed E-state index contributed by atoms with van der Waals surface area (Å²) in [4.78, 5) is 62.5. The first kappa shape index (κ1) is 30.5. The Balaban J connectivity index is 1.34. The Morgan fingerprint density at radius 1 is 1.19 bits per heavy atom. The van der Waals surface area contributed by atoms with Gasteiger partial charge in [0.15, 0.2) is 0 Å². The molecule has 2 aliphatic rings. The van der Waals surface area contributed by atoms with E-state index in [1.54, 1.807) is 20.8 Å². The first-order valence-electron chi connectivity index (χ1n) is 13.1. The van der Waals surface area contributed by atoms with Gasteiger partial charge in [-0.3, -0.25) is 19.7 Å². The molecule has 4 rings (SSSR count). The van der Waals surface area contributed by atoms with Gasteiger partial charge in [-0.05, 0) is 45.4 Å². The normalized spacial score (nSPS) is 16.5. The van der Waals surface area contributed by atoms with Crippen LogP contribution in [0.2, 0.25) is 5.02 Å². The quantitative estimate of drug-likeness (QED) is 0.237. The average Bonchev–Trinajstić information content (AvgIpc) is 3.22. The number of ether oxygens (including phenoxy) is 2. The summed E-state index contributed by atoms with van der Waals surface area (Å²) in [5.41, 5.74) is 0.0719. The number of carbonyl (C=O) groups is 5. The number of carbonyl (C=O) groups excluding carboxylic acids is 5. The van der Waals surface area contributed by atoms with E-state index in [0.717, 1.165) is 0 Å². The summed E-state index contributed by atoms with van der Waals surface area (Å²) in [5.74, 6) is -2.51. The lowest BCUT2D eigenvalue weighted by atomic mass is 10.0. The molecule has 222 valence electrons. The van der Waals surface area contributed by atoms with E-state index in [1.165, 1.54) is 35.2 Å². The number of imide groups is 1. The maximum absolute atomic E-state index is 15.3. The van der Waals surface area contributed by atoms with Crippen molar-refractivity contribution in [1.29, 1.82) is 0 Å². The molecule has 0 saturated carbocycles. The van der Waals surface area contributed by atoms with Gasteiger partial charge in [-0.1, -0.05) is 24.2 Å². The molecule has 0 aliphatic carbocycles. The minimum atomic E-state index is -0.865. The molecule has 0 spiro atoms. The monoisotopic (exact) mass is 600 g/mol. The molecule has 2 heterocycles. The summed E-state index contributed by atoms with van der Waals surface area (Å²) in [6.45, 7) is 8.38. The van der Waals surface area contributed by atoms with Crippen LogP contribution in [0.4, 0.5) is 14.9 Å². The number of halogens is 2. The molecule has 42 heavy (non-hydrogen) atoms. The van der Waals surface area contributed by atoms with Crippen molar-refractivity contribution in [2.24, 2.45) is 0 Å². The molecule has 2 aromatic carbocycles. The summed E-state index contributed by atoms with van der Waals surface area (Å²) in [6, 6.07) is 5.77. The fraction of sp³-hybridized carbons (Fsp3) is 0.345. The Labute approximate surface area is 246 Å². The van der Waals surface area contributed by atoms with Crippen molar-refractivity contribution in [2.45, 2.75) is 58.3 Å². The topological polar surface area (TPSA) is 143 Å². The zero-order chi connectivity index (χ0) is 30.8. The van der Waals surface area contributed by atoms with Crippen molar-refractivity contribution in [3.05, 3.63) is 70.0 Å². The number of hydrogen-bond acceptors (Lipinski definition) is 7. The number of fused-ring (bicyclic) bond motifs is 1. The third kappa shape index (κ3) is 7.24. The maximum atomic E-state index is 15.3. The molecule has 1 atom stereocenters. The minimum absolute atomic E-state index is 0.0882. The van der Waals surface area contributed by atoms with Crippen molar-refractivity contribution < 1.29 is 37.8 Å². The number of benzene rings is 2. The summed E-state index contributed by atoms with van der Waals surface area (Å²) >= 11 is 6.15. The van der Waals surface area contributed by atoms with Crippen molar-refractivity contribution >= 4 is 47.0 Å². The van der Waals surface area contributed by atoms with Gasteiger partial charge in [0.2, 0.25) is 11.8 Å². The number of esters is 1. The van der Waals surface area contributed by atoms with Crippen LogP contribution in [0.25, 0.3) is 0 Å². The number of nitrogens with zero attached hydrogens (tertiary/aromatic N) is 1. The lowest BCUT2D eigenvalue weighted by molar-refractivity contribution is -0.150. The predicted molar refractivity (Wildman–Crippen MR) is 150 cm³/mol. The van der Waals surface area contributed by atoms with Crippen molar-refractivity contribution in [1.82, 2.24) is 15.5 Å². The van der Waals surface area contributed by atoms with E-state index < -0.39 is 47.2 Å². The highest BCUT2D eigenvalue weighted by Gasteiger charge is 2.40. The van der Waals surface area contributed by atoms with Crippen LogP contribution in [-0.4, -0.2) is 52.9 Å². The van der Waals surface area contributed by atoms with E-state index in [0.29, 0.717) is 0 Å². The van der Waals surface area contributed by atoms with Gasteiger partial charge in [0.25, 0.3) is 5.91 Å². The molecule has 5 amide bonds. The molecule has 1 fully saturated rings. The van der Waals surface area contributed by atoms with Gasteiger partial charge in [-0.2, -0.15) is 0 Å². The van der Waals surface area contributed by atoms with Gasteiger partial charge in [0.05, 0.1) is 12.1 Å². The molecule has 0 radical (unpaired) electrons. The second-order valence-corrected chi connectivity index (χ2v) is 11.3. The second kappa shape index (κ2) is 12.2. The number of rotatable bonds is 8. The average molecular weight is 601 g/mol.